The standard InChI is InChI=1S/C16H19O2P/c17-19(14-12-16-9-5-2-6-10-16)18-13-11-15-7-3-1-4-8-15/h1-10,19H,11-14H2. The molecule has 2 rings (SSSR count). The van der Waals surface area contributed by atoms with E-state index in [9.17, 15) is 4.57 Å². The molecule has 19 heavy (non-hydrogen) atoms. The van der Waals surface area contributed by atoms with E-state index in [1.54, 1.807) is 0 Å². The third-order valence-electron chi connectivity index (χ3n) is 2.96. The highest BCUT2D eigenvalue weighted by Gasteiger charge is 2.01. The summed E-state index contributed by atoms with van der Waals surface area (Å²) < 4.78 is 17.2. The summed E-state index contributed by atoms with van der Waals surface area (Å²) in [5, 5.41) is 0. The zero-order valence-corrected chi connectivity index (χ0v) is 11.9. The lowest BCUT2D eigenvalue weighted by atomic mass is 10.2. The van der Waals surface area contributed by atoms with Crippen molar-refractivity contribution in [3.05, 3.63) is 71.8 Å². The van der Waals surface area contributed by atoms with Crippen LogP contribution in [0.3, 0.4) is 0 Å². The zero-order valence-electron chi connectivity index (χ0n) is 10.9. The summed E-state index contributed by atoms with van der Waals surface area (Å²) in [6, 6.07) is 20.2. The SMILES string of the molecule is O=[PH](CCc1ccccc1)OCCc1ccccc1. The van der Waals surface area contributed by atoms with Gasteiger partial charge in [0.05, 0.1) is 6.61 Å². The van der Waals surface area contributed by atoms with Gasteiger partial charge in [-0.15, -0.1) is 0 Å². The second kappa shape index (κ2) is 7.93. The minimum absolute atomic E-state index is 0.538. The van der Waals surface area contributed by atoms with Crippen LogP contribution in [0.4, 0.5) is 0 Å². The summed E-state index contributed by atoms with van der Waals surface area (Å²) in [5.74, 6) is 0. The Labute approximate surface area is 115 Å². The highest BCUT2D eigenvalue weighted by Crippen LogP contribution is 2.23. The molecule has 0 aliphatic rings. The molecule has 2 aromatic carbocycles. The first-order valence-corrected chi connectivity index (χ1v) is 8.10. The molecule has 0 saturated carbocycles. The van der Waals surface area contributed by atoms with Gasteiger partial charge >= 0.3 is 0 Å². The maximum absolute atomic E-state index is 11.8. The van der Waals surface area contributed by atoms with Crippen LogP contribution < -0.4 is 0 Å². The fraction of sp³-hybridized carbons (Fsp3) is 0.250. The molecule has 0 aliphatic heterocycles. The summed E-state index contributed by atoms with van der Waals surface area (Å²) >= 11 is 0. The molecular weight excluding hydrogens is 255 g/mol. The van der Waals surface area contributed by atoms with Gasteiger partial charge in [-0.25, -0.2) is 0 Å². The summed E-state index contributed by atoms with van der Waals surface area (Å²) in [4.78, 5) is 0. The molecule has 0 radical (unpaired) electrons. The molecule has 2 aromatic rings. The fourth-order valence-corrected chi connectivity index (χ4v) is 2.86. The van der Waals surface area contributed by atoms with Gasteiger partial charge in [0.2, 0.25) is 0 Å². The van der Waals surface area contributed by atoms with Crippen molar-refractivity contribution in [1.82, 2.24) is 0 Å². The van der Waals surface area contributed by atoms with E-state index < -0.39 is 8.03 Å². The lowest BCUT2D eigenvalue weighted by Gasteiger charge is -2.05. The van der Waals surface area contributed by atoms with Crippen molar-refractivity contribution >= 4 is 8.03 Å². The van der Waals surface area contributed by atoms with E-state index in [2.05, 4.69) is 24.3 Å². The van der Waals surface area contributed by atoms with Crippen molar-refractivity contribution in [2.75, 3.05) is 12.8 Å². The van der Waals surface area contributed by atoms with E-state index in [-0.39, 0.29) is 0 Å². The smallest absolute Gasteiger partial charge is 0.191 e. The van der Waals surface area contributed by atoms with Crippen molar-refractivity contribution in [2.45, 2.75) is 12.8 Å². The number of hydrogen-bond acceptors (Lipinski definition) is 2. The minimum Gasteiger partial charge on any atom is -0.330 e. The molecule has 0 bridgehead atoms. The van der Waals surface area contributed by atoms with Crippen LogP contribution in [0.2, 0.25) is 0 Å². The Balaban J connectivity index is 1.65. The van der Waals surface area contributed by atoms with Gasteiger partial charge in [0.15, 0.2) is 8.03 Å². The van der Waals surface area contributed by atoms with E-state index in [0.717, 1.165) is 12.8 Å². The maximum Gasteiger partial charge on any atom is 0.191 e. The van der Waals surface area contributed by atoms with Crippen LogP contribution in [0.1, 0.15) is 11.1 Å². The molecule has 0 N–H and O–H groups in total. The van der Waals surface area contributed by atoms with Crippen molar-refractivity contribution < 1.29 is 9.09 Å². The van der Waals surface area contributed by atoms with Gasteiger partial charge in [-0.05, 0) is 24.0 Å². The summed E-state index contributed by atoms with van der Waals surface area (Å²) in [6.45, 7) is 0.538. The lowest BCUT2D eigenvalue weighted by Crippen LogP contribution is -1.95. The Bertz CT molecular complexity index is 497. The van der Waals surface area contributed by atoms with Crippen LogP contribution in [0.25, 0.3) is 0 Å². The molecule has 0 aliphatic carbocycles. The van der Waals surface area contributed by atoms with Gasteiger partial charge in [0.25, 0.3) is 0 Å². The molecule has 0 heterocycles. The third-order valence-corrected chi connectivity index (χ3v) is 4.14. The molecule has 1 unspecified atom stereocenters. The van der Waals surface area contributed by atoms with Crippen molar-refractivity contribution in [3.63, 3.8) is 0 Å². The average Bonchev–Trinajstić information content (AvgIpc) is 2.47. The summed E-state index contributed by atoms with van der Waals surface area (Å²) in [5.41, 5.74) is 2.44. The predicted molar refractivity (Wildman–Crippen MR) is 80.1 cm³/mol. The second-order valence-electron chi connectivity index (χ2n) is 4.44. The number of rotatable bonds is 7. The van der Waals surface area contributed by atoms with Gasteiger partial charge in [-0.1, -0.05) is 60.7 Å². The lowest BCUT2D eigenvalue weighted by molar-refractivity contribution is 0.333. The summed E-state index contributed by atoms with van der Waals surface area (Å²) in [7, 11) is -1.91. The van der Waals surface area contributed by atoms with E-state index in [1.165, 1.54) is 11.1 Å². The van der Waals surface area contributed by atoms with Gasteiger partial charge < -0.3 is 4.52 Å². The average molecular weight is 274 g/mol. The highest BCUT2D eigenvalue weighted by atomic mass is 31.1. The van der Waals surface area contributed by atoms with Crippen LogP contribution >= 0.6 is 8.03 Å². The van der Waals surface area contributed by atoms with Crippen molar-refractivity contribution in [2.24, 2.45) is 0 Å². The van der Waals surface area contributed by atoms with E-state index >= 15 is 0 Å². The topological polar surface area (TPSA) is 26.3 Å². The largest absolute Gasteiger partial charge is 0.330 e. The number of benzene rings is 2. The van der Waals surface area contributed by atoms with Crippen LogP contribution in [0.15, 0.2) is 60.7 Å². The Morgan fingerprint density at radius 2 is 1.32 bits per heavy atom. The molecule has 2 nitrogen and oxygen atoms in total. The Morgan fingerprint density at radius 1 is 0.789 bits per heavy atom. The Kier molecular flexibility index (Phi) is 5.87. The van der Waals surface area contributed by atoms with E-state index in [1.807, 2.05) is 36.4 Å². The monoisotopic (exact) mass is 274 g/mol. The Hall–Kier alpha value is -1.37. The van der Waals surface area contributed by atoms with Crippen molar-refractivity contribution in [1.29, 1.82) is 0 Å². The van der Waals surface area contributed by atoms with Crippen LogP contribution in [-0.2, 0) is 21.9 Å². The normalized spacial score (nSPS) is 12.2. The van der Waals surface area contributed by atoms with Crippen LogP contribution in [-0.4, -0.2) is 12.8 Å². The maximum atomic E-state index is 11.8. The van der Waals surface area contributed by atoms with E-state index in [0.29, 0.717) is 12.8 Å². The quantitative estimate of drug-likeness (QED) is 0.714. The molecule has 0 aromatic heterocycles. The van der Waals surface area contributed by atoms with Crippen LogP contribution in [0, 0.1) is 0 Å². The molecule has 3 heteroatoms. The highest BCUT2D eigenvalue weighted by molar-refractivity contribution is 7.39. The molecule has 1 atom stereocenters. The first-order valence-electron chi connectivity index (χ1n) is 6.58. The van der Waals surface area contributed by atoms with Gasteiger partial charge in [0, 0.05) is 6.16 Å². The molecular formula is C16H19O2P. The Morgan fingerprint density at radius 3 is 1.89 bits per heavy atom. The van der Waals surface area contributed by atoms with Gasteiger partial charge in [-0.2, -0.15) is 0 Å². The first-order chi connectivity index (χ1) is 9.34. The minimum atomic E-state index is -1.91. The predicted octanol–water partition coefficient (Wildman–Crippen LogP) is 3.96. The second-order valence-corrected chi connectivity index (χ2v) is 5.97. The number of hydrogen-bond donors (Lipinski definition) is 0. The fourth-order valence-electron chi connectivity index (χ4n) is 1.89. The number of aryl methyl sites for hydroxylation is 1. The molecule has 0 spiro atoms. The van der Waals surface area contributed by atoms with E-state index in [4.69, 9.17) is 4.52 Å². The zero-order chi connectivity index (χ0) is 13.3. The molecule has 0 fully saturated rings. The molecule has 0 amide bonds. The van der Waals surface area contributed by atoms with Gasteiger partial charge in [-0.3, -0.25) is 4.57 Å². The summed E-state index contributed by atoms with van der Waals surface area (Å²) in [6.07, 6.45) is 2.27. The third kappa shape index (κ3) is 5.42. The van der Waals surface area contributed by atoms with Gasteiger partial charge in [0.1, 0.15) is 0 Å². The van der Waals surface area contributed by atoms with Crippen molar-refractivity contribution in [3.8, 4) is 0 Å². The first kappa shape index (κ1) is 14.0. The molecule has 0 saturated heterocycles. The van der Waals surface area contributed by atoms with Crippen LogP contribution in [0.5, 0.6) is 0 Å². The molecule has 100 valence electrons.